The fourth-order valence-electron chi connectivity index (χ4n) is 3.89. The molecule has 0 amide bonds. The fraction of sp³-hybridized carbons (Fsp3) is 0.0333. The van der Waals surface area contributed by atoms with Gasteiger partial charge in [-0.15, -0.1) is 11.8 Å². The second-order valence-corrected chi connectivity index (χ2v) is 9.15. The molecule has 35 heavy (non-hydrogen) atoms. The molecule has 4 aromatic carbocycles. The lowest BCUT2D eigenvalue weighted by Crippen LogP contribution is -2.16. The number of thioether (sulfide) groups is 1. The van der Waals surface area contributed by atoms with Gasteiger partial charge in [0.1, 0.15) is 11.0 Å². The number of ketones is 2. The molecule has 0 aromatic heterocycles. The molecule has 4 aromatic rings. The van der Waals surface area contributed by atoms with Gasteiger partial charge in [0.2, 0.25) is 0 Å². The van der Waals surface area contributed by atoms with Crippen molar-refractivity contribution in [2.75, 3.05) is 0 Å². The van der Waals surface area contributed by atoms with Gasteiger partial charge in [-0.2, -0.15) is 0 Å². The lowest BCUT2D eigenvalue weighted by molar-refractivity contribution is -0.133. The first-order valence-corrected chi connectivity index (χ1v) is 12.0. The summed E-state index contributed by atoms with van der Waals surface area (Å²) in [7, 11) is 0. The summed E-state index contributed by atoms with van der Waals surface area (Å²) in [6.45, 7) is 0. The third-order valence-electron chi connectivity index (χ3n) is 5.63. The summed E-state index contributed by atoms with van der Waals surface area (Å²) >= 11 is 1.43. The largest absolute Gasteiger partial charge is 0.425 e. The average molecular weight is 477 g/mol. The minimum Gasteiger partial charge on any atom is -0.425 e. The predicted molar refractivity (Wildman–Crippen MR) is 137 cm³/mol. The van der Waals surface area contributed by atoms with Gasteiger partial charge in [-0.05, 0) is 41.5 Å². The molecule has 5 rings (SSSR count). The Kier molecular flexibility index (Phi) is 6.42. The number of hydrogen-bond donors (Lipinski definition) is 0. The summed E-state index contributed by atoms with van der Waals surface area (Å²) in [5, 5.41) is -0.535. The van der Waals surface area contributed by atoms with Crippen LogP contribution in [-0.4, -0.2) is 17.5 Å². The number of carbonyl (C=O) groups excluding carboxylic acids is 3. The van der Waals surface area contributed by atoms with Crippen molar-refractivity contribution in [3.05, 3.63) is 137 Å². The van der Waals surface area contributed by atoms with Crippen LogP contribution < -0.4 is 4.74 Å². The number of benzene rings is 4. The lowest BCUT2D eigenvalue weighted by atomic mass is 10.1. The van der Waals surface area contributed by atoms with Crippen LogP contribution in [0.3, 0.4) is 0 Å². The minimum atomic E-state index is -0.535. The van der Waals surface area contributed by atoms with Crippen LogP contribution in [0.4, 0.5) is 0 Å². The van der Waals surface area contributed by atoms with Gasteiger partial charge in [0.25, 0.3) is 0 Å². The molecule has 1 aliphatic rings. The van der Waals surface area contributed by atoms with E-state index in [2.05, 4.69) is 0 Å². The van der Waals surface area contributed by atoms with E-state index in [4.69, 9.17) is 4.74 Å². The smallest absolute Gasteiger partial charge is 0.329 e. The lowest BCUT2D eigenvalue weighted by Gasteiger charge is -2.16. The molecule has 0 radical (unpaired) electrons. The van der Waals surface area contributed by atoms with Crippen molar-refractivity contribution < 1.29 is 19.1 Å². The highest BCUT2D eigenvalue weighted by Crippen LogP contribution is 2.36. The third-order valence-corrected chi connectivity index (χ3v) is 6.87. The highest BCUT2D eigenvalue weighted by molar-refractivity contribution is 8.00. The highest BCUT2D eigenvalue weighted by Gasteiger charge is 2.32. The maximum Gasteiger partial charge on any atom is 0.329 e. The normalized spacial score (nSPS) is 13.3. The van der Waals surface area contributed by atoms with Crippen molar-refractivity contribution in [2.45, 2.75) is 10.1 Å². The van der Waals surface area contributed by atoms with E-state index in [1.54, 1.807) is 54.6 Å². The molecule has 170 valence electrons. The number of hydrogen-bond acceptors (Lipinski definition) is 5. The fourth-order valence-corrected chi connectivity index (χ4v) is 4.91. The summed E-state index contributed by atoms with van der Waals surface area (Å²) in [6, 6.07) is 32.8. The zero-order valence-corrected chi connectivity index (χ0v) is 19.4. The van der Waals surface area contributed by atoms with Crippen molar-refractivity contribution in [2.24, 2.45) is 0 Å². The van der Waals surface area contributed by atoms with Gasteiger partial charge < -0.3 is 4.74 Å². The van der Waals surface area contributed by atoms with Crippen molar-refractivity contribution in [1.29, 1.82) is 0 Å². The maximum absolute atomic E-state index is 13.1. The Bertz CT molecular complexity index is 1390. The predicted octanol–water partition coefficient (Wildman–Crippen LogP) is 6.59. The molecular weight excluding hydrogens is 456 g/mol. The number of allylic oxidation sites excluding steroid dienone is 1. The van der Waals surface area contributed by atoms with Gasteiger partial charge in [0.15, 0.2) is 11.6 Å². The molecule has 0 unspecified atom stereocenters. The van der Waals surface area contributed by atoms with E-state index in [-0.39, 0.29) is 23.1 Å². The standard InChI is InChI=1S/C30H20O4S/c31-27-24-13-7-8-14-25(24)28(32)26(27)19-20-15-17-22(18-16-20)34-30(33)29(21-9-3-1-4-10-21)35-23-11-5-2-6-12-23/h1-19,29H/t29-/m1/s1. The second kappa shape index (κ2) is 9.95. The van der Waals surface area contributed by atoms with Crippen molar-refractivity contribution in [1.82, 2.24) is 0 Å². The van der Waals surface area contributed by atoms with E-state index in [0.717, 1.165) is 10.5 Å². The van der Waals surface area contributed by atoms with Crippen molar-refractivity contribution >= 4 is 35.4 Å². The number of carbonyl (C=O) groups is 3. The van der Waals surface area contributed by atoms with Gasteiger partial charge in [-0.1, -0.05) is 84.9 Å². The minimum absolute atomic E-state index is 0.138. The first-order chi connectivity index (χ1) is 17.1. The van der Waals surface area contributed by atoms with Crippen LogP contribution in [0.1, 0.15) is 37.1 Å². The Balaban J connectivity index is 1.34. The molecule has 1 atom stereocenters. The quantitative estimate of drug-likeness (QED) is 0.103. The Hall–Kier alpha value is -4.22. The van der Waals surface area contributed by atoms with E-state index in [1.807, 2.05) is 60.7 Å². The number of rotatable bonds is 6. The van der Waals surface area contributed by atoms with Crippen LogP contribution in [0.15, 0.2) is 120 Å². The SMILES string of the molecule is O=C1C(=Cc2ccc(OC(=O)[C@H](Sc3ccccc3)c3ccccc3)cc2)C(=O)c2ccccc21. The van der Waals surface area contributed by atoms with Crippen molar-refractivity contribution in [3.63, 3.8) is 0 Å². The molecule has 0 bridgehead atoms. The molecule has 1 aliphatic carbocycles. The Labute approximate surface area is 207 Å². The van der Waals surface area contributed by atoms with Gasteiger partial charge in [0.05, 0.1) is 5.57 Å². The van der Waals surface area contributed by atoms with E-state index in [1.165, 1.54) is 11.8 Å². The molecule has 0 aliphatic heterocycles. The van der Waals surface area contributed by atoms with Crippen molar-refractivity contribution in [3.8, 4) is 5.75 Å². The first kappa shape index (κ1) is 22.6. The summed E-state index contributed by atoms with van der Waals surface area (Å²) in [4.78, 5) is 39.4. The average Bonchev–Trinajstić information content (AvgIpc) is 3.14. The summed E-state index contributed by atoms with van der Waals surface area (Å²) < 4.78 is 5.71. The second-order valence-electron chi connectivity index (χ2n) is 7.97. The molecule has 0 fully saturated rings. The molecule has 0 heterocycles. The molecule has 0 saturated carbocycles. The number of ether oxygens (including phenoxy) is 1. The molecular formula is C30H20O4S. The van der Waals surface area contributed by atoms with Gasteiger partial charge in [-0.3, -0.25) is 14.4 Å². The van der Waals surface area contributed by atoms with Crippen LogP contribution in [0.5, 0.6) is 5.75 Å². The topological polar surface area (TPSA) is 60.4 Å². The van der Waals surface area contributed by atoms with E-state index in [0.29, 0.717) is 22.4 Å². The first-order valence-electron chi connectivity index (χ1n) is 11.1. The van der Waals surface area contributed by atoms with E-state index < -0.39 is 5.25 Å². The summed E-state index contributed by atoms with van der Waals surface area (Å²) in [6.07, 6.45) is 1.58. The molecule has 4 nitrogen and oxygen atoms in total. The monoisotopic (exact) mass is 476 g/mol. The maximum atomic E-state index is 13.1. The summed E-state index contributed by atoms with van der Waals surface area (Å²) in [5.41, 5.74) is 2.52. The highest BCUT2D eigenvalue weighted by atomic mass is 32.2. The van der Waals surface area contributed by atoms with Gasteiger partial charge in [0, 0.05) is 16.0 Å². The zero-order chi connectivity index (χ0) is 24.2. The molecule has 5 heteroatoms. The third kappa shape index (κ3) is 4.86. The number of esters is 1. The number of Topliss-reactive ketones (excluding diaryl/α,β-unsaturated/α-hetero) is 2. The molecule has 0 saturated heterocycles. The van der Waals surface area contributed by atoms with Crippen LogP contribution in [0.2, 0.25) is 0 Å². The number of fused-ring (bicyclic) bond motifs is 1. The van der Waals surface area contributed by atoms with Gasteiger partial charge >= 0.3 is 5.97 Å². The summed E-state index contributed by atoms with van der Waals surface area (Å²) in [5.74, 6) is -0.540. The Morgan fingerprint density at radius 3 is 1.83 bits per heavy atom. The van der Waals surface area contributed by atoms with E-state index >= 15 is 0 Å². The Morgan fingerprint density at radius 1 is 0.686 bits per heavy atom. The molecule has 0 N–H and O–H groups in total. The van der Waals surface area contributed by atoms with Crippen LogP contribution in [0.25, 0.3) is 6.08 Å². The van der Waals surface area contributed by atoms with E-state index in [9.17, 15) is 14.4 Å². The van der Waals surface area contributed by atoms with Crippen LogP contribution >= 0.6 is 11.8 Å². The Morgan fingerprint density at radius 2 is 1.23 bits per heavy atom. The van der Waals surface area contributed by atoms with Crippen LogP contribution in [-0.2, 0) is 4.79 Å². The van der Waals surface area contributed by atoms with Gasteiger partial charge in [-0.25, -0.2) is 0 Å². The molecule has 0 spiro atoms. The van der Waals surface area contributed by atoms with Crippen LogP contribution in [0, 0.1) is 0 Å². The zero-order valence-electron chi connectivity index (χ0n) is 18.6.